The first kappa shape index (κ1) is 25.0. The molecule has 2 aromatic rings. The van der Waals surface area contributed by atoms with Crippen LogP contribution < -0.4 is 11.2 Å². The lowest BCUT2D eigenvalue weighted by molar-refractivity contribution is 0.932. The van der Waals surface area contributed by atoms with E-state index in [9.17, 15) is 0 Å². The van der Waals surface area contributed by atoms with Crippen LogP contribution in [0, 0.1) is 0 Å². The van der Waals surface area contributed by atoms with E-state index in [1.54, 1.807) is 0 Å². The molecule has 3 N–H and O–H groups in total. The van der Waals surface area contributed by atoms with Gasteiger partial charge in [-0.3, -0.25) is 0 Å². The van der Waals surface area contributed by atoms with Gasteiger partial charge in [0.05, 0.1) is 11.4 Å². The Morgan fingerprint density at radius 3 is 1.72 bits per heavy atom. The molecule has 0 bridgehead atoms. The summed E-state index contributed by atoms with van der Waals surface area (Å²) in [5.74, 6) is 0.130. The predicted molar refractivity (Wildman–Crippen MR) is 128 cm³/mol. The standard InChI is InChI=1S/C21H25Cl2N5.ClH/c1-3-5-19(15-7-11-17(22)12-8-15)25-27-21(24)28-26-20(6-4-2)16-9-13-18(23)14-10-16;/h7-14H,3-6H2,1-2H3,(H3,24,27,28);1H. The second-order valence-corrected chi connectivity index (χ2v) is 7.09. The van der Waals surface area contributed by atoms with Gasteiger partial charge in [-0.05, 0) is 48.2 Å². The van der Waals surface area contributed by atoms with Crippen LogP contribution in [0.4, 0.5) is 0 Å². The quantitative estimate of drug-likeness (QED) is 0.290. The van der Waals surface area contributed by atoms with Crippen LogP contribution in [-0.2, 0) is 0 Å². The molecule has 0 unspecified atom stereocenters. The second kappa shape index (κ2) is 13.2. The normalized spacial score (nSPS) is 12.5. The summed E-state index contributed by atoms with van der Waals surface area (Å²) in [7, 11) is 0. The van der Waals surface area contributed by atoms with Gasteiger partial charge < -0.3 is 5.73 Å². The smallest absolute Gasteiger partial charge is 0.234 e. The Morgan fingerprint density at radius 2 is 1.24 bits per heavy atom. The average Bonchev–Trinajstić information content (AvgIpc) is 2.70. The molecule has 0 saturated heterocycles. The third kappa shape index (κ3) is 8.44. The summed E-state index contributed by atoms with van der Waals surface area (Å²) in [5.41, 5.74) is 12.4. The predicted octanol–water partition coefficient (Wildman–Crippen LogP) is 6.03. The van der Waals surface area contributed by atoms with Gasteiger partial charge in [0.1, 0.15) is 0 Å². The van der Waals surface area contributed by atoms with E-state index in [-0.39, 0.29) is 18.4 Å². The van der Waals surface area contributed by atoms with Gasteiger partial charge in [0.2, 0.25) is 5.96 Å². The highest BCUT2D eigenvalue weighted by molar-refractivity contribution is 6.31. The summed E-state index contributed by atoms with van der Waals surface area (Å²) in [6.07, 6.45) is 3.49. The van der Waals surface area contributed by atoms with Gasteiger partial charge in [-0.25, -0.2) is 5.43 Å². The van der Waals surface area contributed by atoms with Gasteiger partial charge in [-0.15, -0.1) is 17.5 Å². The summed E-state index contributed by atoms with van der Waals surface area (Å²) >= 11 is 11.9. The third-order valence-corrected chi connectivity index (χ3v) is 4.42. The van der Waals surface area contributed by atoms with Crippen LogP contribution in [0.2, 0.25) is 10.0 Å². The first-order valence-corrected chi connectivity index (χ1v) is 10.0. The summed E-state index contributed by atoms with van der Waals surface area (Å²) in [5, 5.41) is 14.2. The Hall–Kier alpha value is -2.08. The topological polar surface area (TPSA) is 75.1 Å². The molecule has 0 aromatic heterocycles. The molecule has 0 aliphatic heterocycles. The van der Waals surface area contributed by atoms with Crippen LogP contribution >= 0.6 is 35.6 Å². The number of hydrogen-bond donors (Lipinski definition) is 2. The van der Waals surface area contributed by atoms with Crippen LogP contribution in [0.15, 0.2) is 63.8 Å². The SMILES string of the molecule is CCCC(=NN=C(N)NN=C(CCC)c1ccc(Cl)cc1)c1ccc(Cl)cc1.Cl. The van der Waals surface area contributed by atoms with Crippen molar-refractivity contribution < 1.29 is 0 Å². The van der Waals surface area contributed by atoms with Gasteiger partial charge in [0.15, 0.2) is 0 Å². The average molecular weight is 455 g/mol. The first-order chi connectivity index (χ1) is 13.5. The molecular weight excluding hydrogens is 429 g/mol. The molecule has 5 nitrogen and oxygen atoms in total. The largest absolute Gasteiger partial charge is 0.367 e. The number of rotatable bonds is 8. The van der Waals surface area contributed by atoms with Crippen molar-refractivity contribution in [1.29, 1.82) is 0 Å². The van der Waals surface area contributed by atoms with Gasteiger partial charge in [0, 0.05) is 10.0 Å². The zero-order valence-electron chi connectivity index (χ0n) is 16.5. The van der Waals surface area contributed by atoms with Crippen molar-refractivity contribution in [1.82, 2.24) is 5.43 Å². The summed E-state index contributed by atoms with van der Waals surface area (Å²) in [6.45, 7) is 4.18. The van der Waals surface area contributed by atoms with Crippen LogP contribution in [0.5, 0.6) is 0 Å². The summed E-state index contributed by atoms with van der Waals surface area (Å²) in [6, 6.07) is 15.1. The number of hydrogen-bond acceptors (Lipinski definition) is 3. The van der Waals surface area contributed by atoms with E-state index in [1.165, 1.54) is 0 Å². The van der Waals surface area contributed by atoms with Crippen LogP contribution in [0.1, 0.15) is 50.7 Å². The number of nitrogens with one attached hydrogen (secondary N) is 1. The summed E-state index contributed by atoms with van der Waals surface area (Å²) in [4.78, 5) is 0. The maximum Gasteiger partial charge on any atom is 0.234 e. The fraction of sp³-hybridized carbons (Fsp3) is 0.286. The van der Waals surface area contributed by atoms with Crippen molar-refractivity contribution >= 4 is 53.0 Å². The molecule has 29 heavy (non-hydrogen) atoms. The van der Waals surface area contributed by atoms with Crippen LogP contribution in [0.25, 0.3) is 0 Å². The minimum absolute atomic E-state index is 0. The van der Waals surface area contributed by atoms with Gasteiger partial charge in [0.25, 0.3) is 0 Å². The van der Waals surface area contributed by atoms with Crippen molar-refractivity contribution in [2.45, 2.75) is 39.5 Å². The monoisotopic (exact) mass is 453 g/mol. The lowest BCUT2D eigenvalue weighted by atomic mass is 10.1. The Balaban J connectivity index is 0.00000420. The van der Waals surface area contributed by atoms with Crippen LogP contribution in [0.3, 0.4) is 0 Å². The molecule has 2 rings (SSSR count). The fourth-order valence-electron chi connectivity index (χ4n) is 2.54. The third-order valence-electron chi connectivity index (χ3n) is 3.91. The molecule has 8 heteroatoms. The van der Waals surface area contributed by atoms with E-state index in [0.717, 1.165) is 48.2 Å². The van der Waals surface area contributed by atoms with E-state index in [1.807, 2.05) is 48.5 Å². The van der Waals surface area contributed by atoms with E-state index in [2.05, 4.69) is 34.6 Å². The lowest BCUT2D eigenvalue weighted by Gasteiger charge is -2.07. The van der Waals surface area contributed by atoms with Gasteiger partial charge >= 0.3 is 0 Å². The molecule has 0 saturated carbocycles. The van der Waals surface area contributed by atoms with E-state index in [4.69, 9.17) is 28.9 Å². The maximum absolute atomic E-state index is 5.96. The number of halogens is 3. The van der Waals surface area contributed by atoms with E-state index >= 15 is 0 Å². The number of guanidine groups is 1. The lowest BCUT2D eigenvalue weighted by Crippen LogP contribution is -2.28. The molecule has 2 aromatic carbocycles. The van der Waals surface area contributed by atoms with Crippen LogP contribution in [-0.4, -0.2) is 17.4 Å². The van der Waals surface area contributed by atoms with Crippen molar-refractivity contribution in [3.8, 4) is 0 Å². The number of nitrogens with two attached hydrogens (primary N) is 1. The van der Waals surface area contributed by atoms with Crippen molar-refractivity contribution in [3.63, 3.8) is 0 Å². The molecule has 0 spiro atoms. The fourth-order valence-corrected chi connectivity index (χ4v) is 2.79. The van der Waals surface area contributed by atoms with E-state index < -0.39 is 0 Å². The second-order valence-electron chi connectivity index (χ2n) is 6.22. The zero-order chi connectivity index (χ0) is 20.4. The molecule has 0 fully saturated rings. The highest BCUT2D eigenvalue weighted by atomic mass is 35.5. The zero-order valence-corrected chi connectivity index (χ0v) is 18.9. The minimum atomic E-state index is 0. The Labute approximate surface area is 188 Å². The molecule has 0 radical (unpaired) electrons. The molecule has 0 amide bonds. The number of benzene rings is 2. The molecule has 0 aliphatic carbocycles. The number of hydrazone groups is 1. The molecule has 0 atom stereocenters. The highest BCUT2D eigenvalue weighted by Gasteiger charge is 2.05. The van der Waals surface area contributed by atoms with Crippen molar-refractivity contribution in [2.75, 3.05) is 0 Å². The maximum atomic E-state index is 5.96. The molecule has 0 aliphatic rings. The Bertz CT molecular complexity index is 844. The van der Waals surface area contributed by atoms with Gasteiger partial charge in [-0.1, -0.05) is 74.2 Å². The molecular formula is C21H26Cl3N5. The number of nitrogens with zero attached hydrogens (tertiary/aromatic N) is 3. The molecule has 156 valence electrons. The van der Waals surface area contributed by atoms with Crippen molar-refractivity contribution in [3.05, 3.63) is 69.7 Å². The minimum Gasteiger partial charge on any atom is -0.367 e. The Morgan fingerprint density at radius 1 is 0.793 bits per heavy atom. The highest BCUT2D eigenvalue weighted by Crippen LogP contribution is 2.14. The van der Waals surface area contributed by atoms with Gasteiger partial charge in [-0.2, -0.15) is 10.2 Å². The van der Waals surface area contributed by atoms with E-state index in [0.29, 0.717) is 10.0 Å². The Kier molecular flexibility index (Phi) is 11.4. The summed E-state index contributed by atoms with van der Waals surface area (Å²) < 4.78 is 0. The van der Waals surface area contributed by atoms with Crippen molar-refractivity contribution in [2.24, 2.45) is 21.0 Å². The first-order valence-electron chi connectivity index (χ1n) is 9.28. The molecule has 0 heterocycles.